The van der Waals surface area contributed by atoms with Crippen LogP contribution in [0.3, 0.4) is 0 Å². The van der Waals surface area contributed by atoms with Gasteiger partial charge in [-0.2, -0.15) is 0 Å². The van der Waals surface area contributed by atoms with Crippen LogP contribution < -0.4 is 4.74 Å². The Bertz CT molecular complexity index is 992. The van der Waals surface area contributed by atoms with Crippen molar-refractivity contribution in [1.82, 2.24) is 4.57 Å². The molecule has 0 atom stereocenters. The fourth-order valence-electron chi connectivity index (χ4n) is 3.10. The number of nitrogens with zero attached hydrogens (tertiary/aromatic N) is 1. The number of carbonyl (C=O) groups excluding carboxylic acids is 1. The number of rotatable bonds is 4. The first kappa shape index (κ1) is 17.1. The molecule has 0 bridgehead atoms. The van der Waals surface area contributed by atoms with Crippen LogP contribution in [0.15, 0.2) is 30.3 Å². The molecule has 0 fully saturated rings. The van der Waals surface area contributed by atoms with Gasteiger partial charge in [-0.1, -0.05) is 6.07 Å². The van der Waals surface area contributed by atoms with E-state index in [9.17, 15) is 18.0 Å². The highest BCUT2D eigenvalue weighted by molar-refractivity contribution is 6.08. The summed E-state index contributed by atoms with van der Waals surface area (Å²) in [6.07, 6.45) is 0. The molecule has 0 N–H and O–H groups in total. The van der Waals surface area contributed by atoms with Crippen molar-refractivity contribution in [3.63, 3.8) is 0 Å². The molecule has 6 heteroatoms. The van der Waals surface area contributed by atoms with E-state index in [2.05, 4.69) is 0 Å². The molecule has 1 aromatic heterocycles. The number of ketones is 1. The number of Topliss-reactive ketones (excluding diaryl/α,β-unsaturated/α-hetero) is 1. The van der Waals surface area contributed by atoms with Crippen molar-refractivity contribution in [1.29, 1.82) is 0 Å². The van der Waals surface area contributed by atoms with Crippen molar-refractivity contribution in [2.24, 2.45) is 0 Å². The Labute approximate surface area is 142 Å². The zero-order valence-electron chi connectivity index (χ0n) is 14.0. The van der Waals surface area contributed by atoms with Crippen LogP contribution in [-0.2, 0) is 6.54 Å². The highest BCUT2D eigenvalue weighted by Gasteiger charge is 2.20. The van der Waals surface area contributed by atoms with Crippen molar-refractivity contribution in [3.8, 4) is 5.75 Å². The molecule has 0 amide bonds. The molecular weight excluding hydrogens is 331 g/mol. The minimum absolute atomic E-state index is 0.0279. The third-order valence-corrected chi connectivity index (χ3v) is 4.29. The van der Waals surface area contributed by atoms with E-state index in [1.54, 1.807) is 11.5 Å². The Morgan fingerprint density at radius 2 is 1.84 bits per heavy atom. The molecule has 0 aliphatic rings. The molecule has 130 valence electrons. The summed E-state index contributed by atoms with van der Waals surface area (Å²) in [6.45, 7) is 3.18. The second kappa shape index (κ2) is 6.27. The molecule has 3 nitrogen and oxygen atoms in total. The molecule has 3 aromatic rings. The lowest BCUT2D eigenvalue weighted by Crippen LogP contribution is -2.05. The highest BCUT2D eigenvalue weighted by Crippen LogP contribution is 2.32. The number of benzene rings is 2. The molecule has 1 heterocycles. The smallest absolute Gasteiger partial charge is 0.167 e. The van der Waals surface area contributed by atoms with Gasteiger partial charge in [0, 0.05) is 34.3 Å². The summed E-state index contributed by atoms with van der Waals surface area (Å²) in [5, 5.41) is 0.533. The first-order valence-corrected chi connectivity index (χ1v) is 7.64. The minimum atomic E-state index is -0.695. The van der Waals surface area contributed by atoms with Crippen LogP contribution in [0.2, 0.25) is 0 Å². The van der Waals surface area contributed by atoms with Crippen molar-refractivity contribution >= 4 is 16.7 Å². The van der Waals surface area contributed by atoms with Gasteiger partial charge in [0.15, 0.2) is 17.3 Å². The number of methoxy groups -OCH3 is 1. The maximum atomic E-state index is 14.2. The van der Waals surface area contributed by atoms with Gasteiger partial charge in [-0.3, -0.25) is 4.79 Å². The van der Waals surface area contributed by atoms with E-state index in [1.807, 2.05) is 0 Å². The van der Waals surface area contributed by atoms with E-state index in [1.165, 1.54) is 32.2 Å². The van der Waals surface area contributed by atoms with Gasteiger partial charge in [0.05, 0.1) is 19.2 Å². The van der Waals surface area contributed by atoms with E-state index in [0.29, 0.717) is 22.2 Å². The standard InChI is InChI=1S/C19H16F3NO2/c1-10-19(11(2)24)14-7-18(25-3)16(22)8-17(14)23(10)9-12-4-5-13(20)6-15(12)21/h4-8H,9H2,1-3H3. The molecule has 0 unspecified atom stereocenters. The zero-order valence-corrected chi connectivity index (χ0v) is 14.0. The fraction of sp³-hybridized carbons (Fsp3) is 0.211. The van der Waals surface area contributed by atoms with E-state index in [0.717, 1.165) is 12.1 Å². The SMILES string of the molecule is COc1cc2c(C(C)=O)c(C)n(Cc3ccc(F)cc3F)c2cc1F. The maximum absolute atomic E-state index is 14.2. The zero-order chi connectivity index (χ0) is 18.3. The van der Waals surface area contributed by atoms with Crippen LogP contribution in [-0.4, -0.2) is 17.5 Å². The van der Waals surface area contributed by atoms with E-state index in [4.69, 9.17) is 4.74 Å². The molecule has 25 heavy (non-hydrogen) atoms. The van der Waals surface area contributed by atoms with Crippen molar-refractivity contribution in [2.75, 3.05) is 7.11 Å². The quantitative estimate of drug-likeness (QED) is 0.645. The number of carbonyl (C=O) groups is 1. The predicted octanol–water partition coefficient (Wildman–Crippen LogP) is 4.63. The number of aromatic nitrogens is 1. The summed E-state index contributed by atoms with van der Waals surface area (Å²) in [7, 11) is 1.34. The molecule has 0 aliphatic heterocycles. The monoisotopic (exact) mass is 347 g/mol. The highest BCUT2D eigenvalue weighted by atomic mass is 19.1. The van der Waals surface area contributed by atoms with E-state index >= 15 is 0 Å². The largest absolute Gasteiger partial charge is 0.494 e. The van der Waals surface area contributed by atoms with Crippen molar-refractivity contribution < 1.29 is 22.7 Å². The lowest BCUT2D eigenvalue weighted by Gasteiger charge is -2.10. The lowest BCUT2D eigenvalue weighted by molar-refractivity contribution is 0.101. The second-order valence-corrected chi connectivity index (χ2v) is 5.84. The normalized spacial score (nSPS) is 11.1. The Kier molecular flexibility index (Phi) is 4.29. The second-order valence-electron chi connectivity index (χ2n) is 5.84. The first-order valence-electron chi connectivity index (χ1n) is 7.64. The summed E-state index contributed by atoms with van der Waals surface area (Å²) in [4.78, 5) is 12.1. The maximum Gasteiger partial charge on any atom is 0.167 e. The van der Waals surface area contributed by atoms with Crippen LogP contribution in [0.1, 0.15) is 28.5 Å². The van der Waals surface area contributed by atoms with Gasteiger partial charge in [-0.25, -0.2) is 13.2 Å². The van der Waals surface area contributed by atoms with Gasteiger partial charge in [0.25, 0.3) is 0 Å². The first-order chi connectivity index (χ1) is 11.8. The van der Waals surface area contributed by atoms with Crippen molar-refractivity contribution in [3.05, 3.63) is 64.6 Å². The average Bonchev–Trinajstić information content (AvgIpc) is 2.80. The molecule has 0 aliphatic carbocycles. The number of hydrogen-bond donors (Lipinski definition) is 0. The molecule has 0 spiro atoms. The summed E-state index contributed by atoms with van der Waals surface area (Å²) >= 11 is 0. The molecular formula is C19H16F3NO2. The average molecular weight is 347 g/mol. The molecule has 2 aromatic carbocycles. The lowest BCUT2D eigenvalue weighted by atomic mass is 10.1. The number of ether oxygens (including phenoxy) is 1. The fourth-order valence-corrected chi connectivity index (χ4v) is 3.10. The molecule has 0 radical (unpaired) electrons. The van der Waals surface area contributed by atoms with Gasteiger partial charge in [-0.05, 0) is 26.0 Å². The summed E-state index contributed by atoms with van der Waals surface area (Å²) in [5.74, 6) is -2.10. The van der Waals surface area contributed by atoms with Gasteiger partial charge < -0.3 is 9.30 Å². The van der Waals surface area contributed by atoms with Crippen molar-refractivity contribution in [2.45, 2.75) is 20.4 Å². The van der Waals surface area contributed by atoms with E-state index in [-0.39, 0.29) is 23.6 Å². The topological polar surface area (TPSA) is 31.2 Å². The van der Waals surface area contributed by atoms with Crippen LogP contribution in [0.25, 0.3) is 10.9 Å². The Morgan fingerprint density at radius 1 is 1.12 bits per heavy atom. The summed E-state index contributed by atoms with van der Waals surface area (Å²) in [5.41, 5.74) is 1.70. The van der Waals surface area contributed by atoms with Crippen LogP contribution >= 0.6 is 0 Å². The van der Waals surface area contributed by atoms with Crippen LogP contribution in [0.5, 0.6) is 5.75 Å². The molecule has 0 saturated carbocycles. The van der Waals surface area contributed by atoms with E-state index < -0.39 is 17.5 Å². The third-order valence-electron chi connectivity index (χ3n) is 4.29. The summed E-state index contributed by atoms with van der Waals surface area (Å²) in [6, 6.07) is 6.02. The van der Waals surface area contributed by atoms with Gasteiger partial charge in [0.2, 0.25) is 0 Å². The van der Waals surface area contributed by atoms with Crippen LogP contribution in [0.4, 0.5) is 13.2 Å². The third kappa shape index (κ3) is 2.88. The predicted molar refractivity (Wildman–Crippen MR) is 88.6 cm³/mol. The number of hydrogen-bond acceptors (Lipinski definition) is 2. The molecule has 0 saturated heterocycles. The minimum Gasteiger partial charge on any atom is -0.494 e. The summed E-state index contributed by atoms with van der Waals surface area (Å²) < 4.78 is 47.9. The molecule has 3 rings (SSSR count). The van der Waals surface area contributed by atoms with Gasteiger partial charge in [0.1, 0.15) is 11.6 Å². The van der Waals surface area contributed by atoms with Crippen LogP contribution in [0, 0.1) is 24.4 Å². The Balaban J connectivity index is 2.25. The Hall–Kier alpha value is -2.76. The number of fused-ring (bicyclic) bond motifs is 1. The van der Waals surface area contributed by atoms with Gasteiger partial charge in [-0.15, -0.1) is 0 Å². The van der Waals surface area contributed by atoms with Gasteiger partial charge >= 0.3 is 0 Å². The number of halogens is 3. The Morgan fingerprint density at radius 3 is 2.44 bits per heavy atom.